The summed E-state index contributed by atoms with van der Waals surface area (Å²) in [5.41, 5.74) is 1.98. The smallest absolute Gasteiger partial charge is 0.387 e. The van der Waals surface area contributed by atoms with Crippen LogP contribution in [0.25, 0.3) is 6.08 Å². The summed E-state index contributed by atoms with van der Waals surface area (Å²) >= 11 is 0. The van der Waals surface area contributed by atoms with E-state index >= 15 is 0 Å². The van der Waals surface area contributed by atoms with Crippen molar-refractivity contribution in [1.82, 2.24) is 5.32 Å². The largest absolute Gasteiger partial charge is 0.493 e. The minimum absolute atomic E-state index is 0.128. The van der Waals surface area contributed by atoms with Crippen LogP contribution in [0.2, 0.25) is 0 Å². The molecule has 2 amide bonds. The number of alkyl halides is 2. The third-order valence-corrected chi connectivity index (χ3v) is 4.52. The van der Waals surface area contributed by atoms with Crippen LogP contribution in [-0.4, -0.2) is 31.6 Å². The minimum atomic E-state index is -3.03. The Kier molecular flexibility index (Phi) is 6.66. The van der Waals surface area contributed by atoms with Gasteiger partial charge in [0.05, 0.1) is 7.11 Å². The van der Waals surface area contributed by atoms with Crippen LogP contribution in [0, 0.1) is 6.92 Å². The van der Waals surface area contributed by atoms with Gasteiger partial charge in [0.25, 0.3) is 5.91 Å². The van der Waals surface area contributed by atoms with Crippen molar-refractivity contribution in [3.05, 3.63) is 59.2 Å². The summed E-state index contributed by atoms with van der Waals surface area (Å²) in [6.45, 7) is -1.23. The zero-order valence-electron chi connectivity index (χ0n) is 16.6. The fraction of sp³-hybridized carbons (Fsp3) is 0.273. The van der Waals surface area contributed by atoms with Gasteiger partial charge in [-0.1, -0.05) is 18.2 Å². The molecule has 1 aliphatic carbocycles. The number of para-hydroxylation sites is 1. The summed E-state index contributed by atoms with van der Waals surface area (Å²) in [5, 5.41) is 5.60. The van der Waals surface area contributed by atoms with E-state index in [-0.39, 0.29) is 29.0 Å². The maximum atomic E-state index is 12.7. The fourth-order valence-corrected chi connectivity index (χ4v) is 2.77. The predicted molar refractivity (Wildman–Crippen MR) is 109 cm³/mol. The van der Waals surface area contributed by atoms with Gasteiger partial charge >= 0.3 is 6.61 Å². The maximum Gasteiger partial charge on any atom is 0.387 e. The third-order valence-electron chi connectivity index (χ3n) is 4.52. The first-order chi connectivity index (χ1) is 14.4. The number of hydrogen-bond acceptors (Lipinski definition) is 4. The first kappa shape index (κ1) is 21.3. The van der Waals surface area contributed by atoms with Crippen LogP contribution in [0.4, 0.5) is 14.5 Å². The molecule has 0 unspecified atom stereocenters. The number of carbonyl (C=O) groups is 2. The molecule has 2 aromatic carbocycles. The summed E-state index contributed by atoms with van der Waals surface area (Å²) in [7, 11) is 1.34. The fourth-order valence-electron chi connectivity index (χ4n) is 2.77. The van der Waals surface area contributed by atoms with E-state index in [2.05, 4.69) is 15.4 Å². The molecule has 0 spiro atoms. The van der Waals surface area contributed by atoms with Crippen LogP contribution in [-0.2, 0) is 4.79 Å². The number of benzene rings is 2. The van der Waals surface area contributed by atoms with Gasteiger partial charge in [0.1, 0.15) is 0 Å². The van der Waals surface area contributed by atoms with Crippen molar-refractivity contribution in [2.75, 3.05) is 12.4 Å². The van der Waals surface area contributed by atoms with Gasteiger partial charge in [0.15, 0.2) is 11.5 Å². The molecule has 0 aliphatic heterocycles. The number of halogens is 2. The van der Waals surface area contributed by atoms with Gasteiger partial charge in [-0.3, -0.25) is 9.59 Å². The van der Waals surface area contributed by atoms with Crippen molar-refractivity contribution < 1.29 is 27.8 Å². The lowest BCUT2D eigenvalue weighted by Gasteiger charge is -2.12. The first-order valence-corrected chi connectivity index (χ1v) is 9.39. The summed E-state index contributed by atoms with van der Waals surface area (Å²) in [5.74, 6) is -0.700. The standard InChI is InChI=1S/C22H22F2N2O4/c1-13-6-7-15(21(28)25-16-9-10-16)12-17(13)26-19(27)11-8-14-4-3-5-18(29-2)20(14)30-22(23)24/h3-8,11-12,16,22H,9-10H2,1-2H3,(H,25,28)(H,26,27)/b11-8+. The number of rotatable bonds is 8. The van der Waals surface area contributed by atoms with Crippen LogP contribution >= 0.6 is 0 Å². The summed E-state index contributed by atoms with van der Waals surface area (Å²) < 4.78 is 35.0. The van der Waals surface area contributed by atoms with Crippen LogP contribution < -0.4 is 20.1 Å². The lowest BCUT2D eigenvalue weighted by Crippen LogP contribution is -2.25. The second kappa shape index (κ2) is 9.39. The SMILES string of the molecule is COc1cccc(/C=C/C(=O)Nc2cc(C(=O)NC3CC3)ccc2C)c1OC(F)F. The number of ether oxygens (including phenoxy) is 2. The Labute approximate surface area is 172 Å². The second-order valence-electron chi connectivity index (χ2n) is 6.86. The van der Waals surface area contributed by atoms with E-state index in [1.807, 2.05) is 0 Å². The molecule has 0 heterocycles. The van der Waals surface area contributed by atoms with Crippen LogP contribution in [0.15, 0.2) is 42.5 Å². The number of aryl methyl sites for hydroxylation is 1. The first-order valence-electron chi connectivity index (χ1n) is 9.39. The number of amides is 2. The molecule has 2 aromatic rings. The second-order valence-corrected chi connectivity index (χ2v) is 6.86. The van der Waals surface area contributed by atoms with Crippen molar-refractivity contribution in [1.29, 1.82) is 0 Å². The molecule has 8 heteroatoms. The number of nitrogens with one attached hydrogen (secondary N) is 2. The van der Waals surface area contributed by atoms with E-state index < -0.39 is 12.5 Å². The Balaban J connectivity index is 1.74. The molecule has 0 radical (unpaired) electrons. The van der Waals surface area contributed by atoms with Crippen molar-refractivity contribution in [2.24, 2.45) is 0 Å². The van der Waals surface area contributed by atoms with Crippen LogP contribution in [0.1, 0.15) is 34.3 Å². The molecule has 30 heavy (non-hydrogen) atoms. The molecule has 2 N–H and O–H groups in total. The Morgan fingerprint density at radius 1 is 1.20 bits per heavy atom. The average molecular weight is 416 g/mol. The molecule has 1 aliphatic rings. The summed E-state index contributed by atoms with van der Waals surface area (Å²) in [4.78, 5) is 24.6. The van der Waals surface area contributed by atoms with Gasteiger partial charge < -0.3 is 20.1 Å². The minimum Gasteiger partial charge on any atom is -0.493 e. The number of methoxy groups -OCH3 is 1. The predicted octanol–water partition coefficient (Wildman–Crippen LogP) is 4.15. The van der Waals surface area contributed by atoms with E-state index in [1.54, 1.807) is 31.2 Å². The summed E-state index contributed by atoms with van der Waals surface area (Å²) in [6, 6.07) is 9.89. The zero-order valence-corrected chi connectivity index (χ0v) is 16.6. The molecule has 0 atom stereocenters. The van der Waals surface area contributed by atoms with Crippen LogP contribution in [0.5, 0.6) is 11.5 Å². The molecule has 3 rings (SSSR count). The number of anilines is 1. The van der Waals surface area contributed by atoms with E-state index in [9.17, 15) is 18.4 Å². The lowest BCUT2D eigenvalue weighted by molar-refractivity contribution is -0.111. The van der Waals surface area contributed by atoms with Gasteiger partial charge in [-0.05, 0) is 49.6 Å². The molecule has 0 bridgehead atoms. The van der Waals surface area contributed by atoms with Gasteiger partial charge in [-0.15, -0.1) is 0 Å². The highest BCUT2D eigenvalue weighted by Crippen LogP contribution is 2.33. The highest BCUT2D eigenvalue weighted by molar-refractivity contribution is 6.04. The van der Waals surface area contributed by atoms with Gasteiger partial charge in [-0.25, -0.2) is 0 Å². The van der Waals surface area contributed by atoms with Crippen molar-refractivity contribution in [3.63, 3.8) is 0 Å². The van der Waals surface area contributed by atoms with Crippen molar-refractivity contribution >= 4 is 23.6 Å². The van der Waals surface area contributed by atoms with E-state index in [0.717, 1.165) is 18.4 Å². The van der Waals surface area contributed by atoms with Crippen molar-refractivity contribution in [3.8, 4) is 11.5 Å². The Hall–Kier alpha value is -3.42. The molecule has 1 fully saturated rings. The Morgan fingerprint density at radius 2 is 1.97 bits per heavy atom. The number of hydrogen-bond donors (Lipinski definition) is 2. The van der Waals surface area contributed by atoms with E-state index in [1.165, 1.54) is 31.4 Å². The topological polar surface area (TPSA) is 76.7 Å². The Morgan fingerprint density at radius 3 is 2.63 bits per heavy atom. The normalized spacial score (nSPS) is 13.4. The van der Waals surface area contributed by atoms with Gasteiger partial charge in [-0.2, -0.15) is 8.78 Å². The summed E-state index contributed by atoms with van der Waals surface area (Å²) in [6.07, 6.45) is 4.51. The van der Waals surface area contributed by atoms with Crippen LogP contribution in [0.3, 0.4) is 0 Å². The maximum absolute atomic E-state index is 12.7. The lowest BCUT2D eigenvalue weighted by atomic mass is 10.1. The molecule has 0 aromatic heterocycles. The van der Waals surface area contributed by atoms with E-state index in [0.29, 0.717) is 11.3 Å². The molecular formula is C22H22F2N2O4. The quantitative estimate of drug-likeness (QED) is 0.634. The monoisotopic (exact) mass is 416 g/mol. The molecule has 1 saturated carbocycles. The van der Waals surface area contributed by atoms with E-state index in [4.69, 9.17) is 4.74 Å². The van der Waals surface area contributed by atoms with Crippen molar-refractivity contribution in [2.45, 2.75) is 32.4 Å². The zero-order chi connectivity index (χ0) is 21.7. The highest BCUT2D eigenvalue weighted by atomic mass is 19.3. The average Bonchev–Trinajstić information content (AvgIpc) is 3.52. The molecule has 0 saturated heterocycles. The number of carbonyl (C=O) groups excluding carboxylic acids is 2. The third kappa shape index (κ3) is 5.56. The molecule has 6 nitrogen and oxygen atoms in total. The molecule has 158 valence electrons. The highest BCUT2D eigenvalue weighted by Gasteiger charge is 2.24. The Bertz CT molecular complexity index is 972. The van der Waals surface area contributed by atoms with Gasteiger partial charge in [0, 0.05) is 28.9 Å². The molecular weight excluding hydrogens is 394 g/mol. The van der Waals surface area contributed by atoms with Gasteiger partial charge in [0.2, 0.25) is 5.91 Å².